The SMILES string of the molecule is COC(=O)C1=C(C)N(C)C(=O)/C1=C/c1ccc(CN(Cc2ccc(Cl)cc2)S(=O)(=O)c2ccc(Cl)cc2)o1. The molecular weight excluding hydrogens is 551 g/mol. The van der Waals surface area contributed by atoms with Gasteiger partial charge in [-0.05, 0) is 67.1 Å². The van der Waals surface area contributed by atoms with Crippen LogP contribution in [0.5, 0.6) is 0 Å². The Morgan fingerprint density at radius 2 is 1.61 bits per heavy atom. The first-order valence-electron chi connectivity index (χ1n) is 11.4. The minimum Gasteiger partial charge on any atom is -0.465 e. The maximum absolute atomic E-state index is 13.6. The number of hydrogen-bond acceptors (Lipinski definition) is 6. The lowest BCUT2D eigenvalue weighted by atomic mass is 10.1. The molecule has 0 N–H and O–H groups in total. The van der Waals surface area contributed by atoms with Crippen LogP contribution in [0.4, 0.5) is 0 Å². The van der Waals surface area contributed by atoms with Gasteiger partial charge in [0.05, 0.1) is 29.7 Å². The van der Waals surface area contributed by atoms with Gasteiger partial charge in [0.2, 0.25) is 10.0 Å². The van der Waals surface area contributed by atoms with Crippen LogP contribution in [-0.4, -0.2) is 43.7 Å². The fourth-order valence-electron chi connectivity index (χ4n) is 3.94. The van der Waals surface area contributed by atoms with Crippen LogP contribution < -0.4 is 0 Å². The molecule has 1 aromatic heterocycles. The molecule has 0 radical (unpaired) electrons. The molecule has 0 saturated carbocycles. The lowest BCUT2D eigenvalue weighted by molar-refractivity contribution is -0.136. The maximum Gasteiger partial charge on any atom is 0.340 e. The van der Waals surface area contributed by atoms with Crippen molar-refractivity contribution < 1.29 is 27.2 Å². The molecule has 11 heteroatoms. The van der Waals surface area contributed by atoms with Gasteiger partial charge in [-0.3, -0.25) is 4.79 Å². The standard InChI is InChI=1S/C27H24Cl2N2O6S/c1-17-25(27(33)36-3)24(26(32)30(17)2)14-21-10-11-22(37-21)16-31(15-18-4-6-19(28)7-5-18)38(34,35)23-12-8-20(29)9-13-23/h4-14H,15-16H2,1-3H3/b24-14+. The van der Waals surface area contributed by atoms with Crippen molar-refractivity contribution in [3.05, 3.63) is 105 Å². The number of benzene rings is 2. The molecule has 0 spiro atoms. The lowest BCUT2D eigenvalue weighted by Gasteiger charge is -2.21. The molecule has 4 rings (SSSR count). The number of methoxy groups -OCH3 is 1. The quantitative estimate of drug-likeness (QED) is 0.268. The molecule has 0 unspecified atom stereocenters. The van der Waals surface area contributed by atoms with Gasteiger partial charge in [0.15, 0.2) is 0 Å². The van der Waals surface area contributed by atoms with Crippen LogP contribution in [-0.2, 0) is 37.4 Å². The normalized spacial score (nSPS) is 15.2. The molecule has 3 aromatic rings. The number of furan rings is 1. The highest BCUT2D eigenvalue weighted by atomic mass is 35.5. The monoisotopic (exact) mass is 574 g/mol. The Labute approximate surface area is 230 Å². The molecule has 8 nitrogen and oxygen atoms in total. The van der Waals surface area contributed by atoms with E-state index in [0.717, 1.165) is 5.56 Å². The van der Waals surface area contributed by atoms with Crippen molar-refractivity contribution in [1.29, 1.82) is 0 Å². The van der Waals surface area contributed by atoms with Crippen molar-refractivity contribution in [2.45, 2.75) is 24.9 Å². The number of allylic oxidation sites excluding steroid dienone is 1. The Bertz CT molecular complexity index is 1540. The van der Waals surface area contributed by atoms with E-state index < -0.39 is 16.0 Å². The number of sulfonamides is 1. The summed E-state index contributed by atoms with van der Waals surface area (Å²) in [5.41, 5.74) is 1.46. The number of hydrogen-bond donors (Lipinski definition) is 0. The zero-order valence-electron chi connectivity index (χ0n) is 20.8. The van der Waals surface area contributed by atoms with Gasteiger partial charge >= 0.3 is 5.97 Å². The molecule has 198 valence electrons. The molecular formula is C27H24Cl2N2O6S. The Morgan fingerprint density at radius 3 is 2.21 bits per heavy atom. The van der Waals surface area contributed by atoms with Crippen molar-refractivity contribution in [3.63, 3.8) is 0 Å². The number of likely N-dealkylation sites (N-methyl/N-ethyl adjacent to an activating group) is 1. The Morgan fingerprint density at radius 1 is 1.00 bits per heavy atom. The van der Waals surface area contributed by atoms with E-state index in [1.54, 1.807) is 50.4 Å². The molecule has 1 amide bonds. The van der Waals surface area contributed by atoms with Gasteiger partial charge in [0.1, 0.15) is 11.5 Å². The van der Waals surface area contributed by atoms with Gasteiger partial charge in [-0.15, -0.1) is 0 Å². The number of rotatable bonds is 8. The van der Waals surface area contributed by atoms with Crippen LogP contribution in [0.25, 0.3) is 6.08 Å². The Kier molecular flexibility index (Phi) is 8.13. The lowest BCUT2D eigenvalue weighted by Crippen LogP contribution is -2.30. The zero-order chi connectivity index (χ0) is 27.6. The van der Waals surface area contributed by atoms with E-state index in [1.807, 2.05) is 0 Å². The van der Waals surface area contributed by atoms with E-state index in [2.05, 4.69) is 0 Å². The first-order chi connectivity index (χ1) is 18.0. The van der Waals surface area contributed by atoms with Crippen LogP contribution in [0.15, 0.2) is 86.8 Å². The van der Waals surface area contributed by atoms with E-state index in [-0.39, 0.29) is 40.8 Å². The molecule has 0 bridgehead atoms. The Hall–Kier alpha value is -3.37. The number of ether oxygens (including phenoxy) is 1. The average Bonchev–Trinajstić information content (AvgIpc) is 3.42. The molecule has 2 heterocycles. The summed E-state index contributed by atoms with van der Waals surface area (Å²) in [6.07, 6.45) is 1.45. The molecule has 1 aliphatic rings. The zero-order valence-corrected chi connectivity index (χ0v) is 23.1. The highest BCUT2D eigenvalue weighted by Crippen LogP contribution is 2.31. The summed E-state index contributed by atoms with van der Waals surface area (Å²) >= 11 is 11.9. The van der Waals surface area contributed by atoms with Gasteiger partial charge in [0, 0.05) is 29.3 Å². The summed E-state index contributed by atoms with van der Waals surface area (Å²) in [6, 6.07) is 16.0. The van der Waals surface area contributed by atoms with E-state index in [1.165, 1.54) is 46.7 Å². The first-order valence-corrected chi connectivity index (χ1v) is 13.6. The molecule has 0 aliphatic carbocycles. The number of esters is 1. The fourth-order valence-corrected chi connectivity index (χ4v) is 5.59. The van der Waals surface area contributed by atoms with Crippen LogP contribution in [0.2, 0.25) is 10.0 Å². The smallest absolute Gasteiger partial charge is 0.340 e. The molecule has 0 atom stereocenters. The predicted molar refractivity (Wildman–Crippen MR) is 144 cm³/mol. The predicted octanol–water partition coefficient (Wildman–Crippen LogP) is 5.28. The van der Waals surface area contributed by atoms with E-state index in [0.29, 0.717) is 21.5 Å². The number of carbonyl (C=O) groups is 2. The van der Waals surface area contributed by atoms with Crippen molar-refractivity contribution in [1.82, 2.24) is 9.21 Å². The molecule has 0 saturated heterocycles. The minimum atomic E-state index is -3.95. The second kappa shape index (κ2) is 11.2. The second-order valence-corrected chi connectivity index (χ2v) is 11.3. The molecule has 2 aromatic carbocycles. The van der Waals surface area contributed by atoms with Crippen LogP contribution in [0, 0.1) is 0 Å². The number of halogens is 2. The van der Waals surface area contributed by atoms with Gasteiger partial charge in [-0.1, -0.05) is 35.3 Å². The van der Waals surface area contributed by atoms with Crippen LogP contribution in [0.3, 0.4) is 0 Å². The highest BCUT2D eigenvalue weighted by Gasteiger charge is 2.35. The Balaban J connectivity index is 1.67. The number of amides is 1. The van der Waals surface area contributed by atoms with Crippen molar-refractivity contribution in [2.24, 2.45) is 0 Å². The number of carbonyl (C=O) groups excluding carboxylic acids is 2. The average molecular weight is 575 g/mol. The summed E-state index contributed by atoms with van der Waals surface area (Å²) in [6.45, 7) is 1.61. The fraction of sp³-hybridized carbons (Fsp3) is 0.185. The van der Waals surface area contributed by atoms with Gasteiger partial charge in [0.25, 0.3) is 5.91 Å². The third kappa shape index (κ3) is 5.71. The summed E-state index contributed by atoms with van der Waals surface area (Å²) in [5.74, 6) is -0.400. The van der Waals surface area contributed by atoms with Crippen LogP contribution >= 0.6 is 23.2 Å². The third-order valence-electron chi connectivity index (χ3n) is 6.08. The van der Waals surface area contributed by atoms with Crippen molar-refractivity contribution in [2.75, 3.05) is 14.2 Å². The molecule has 1 aliphatic heterocycles. The van der Waals surface area contributed by atoms with Gasteiger partial charge < -0.3 is 14.1 Å². The summed E-state index contributed by atoms with van der Waals surface area (Å²) in [5, 5.41) is 0.951. The third-order valence-corrected chi connectivity index (χ3v) is 8.39. The largest absolute Gasteiger partial charge is 0.465 e. The van der Waals surface area contributed by atoms with Crippen molar-refractivity contribution >= 4 is 51.2 Å². The van der Waals surface area contributed by atoms with Crippen molar-refractivity contribution in [3.8, 4) is 0 Å². The van der Waals surface area contributed by atoms with E-state index in [4.69, 9.17) is 32.4 Å². The molecule has 38 heavy (non-hydrogen) atoms. The topological polar surface area (TPSA) is 97.1 Å². The summed E-state index contributed by atoms with van der Waals surface area (Å²) in [7, 11) is -1.15. The maximum atomic E-state index is 13.6. The second-order valence-electron chi connectivity index (χ2n) is 8.53. The molecule has 0 fully saturated rings. The summed E-state index contributed by atoms with van der Waals surface area (Å²) in [4.78, 5) is 26.5. The van der Waals surface area contributed by atoms with Gasteiger partial charge in [-0.25, -0.2) is 13.2 Å². The minimum absolute atomic E-state index is 0.0525. The van der Waals surface area contributed by atoms with Gasteiger partial charge in [-0.2, -0.15) is 4.31 Å². The van der Waals surface area contributed by atoms with E-state index >= 15 is 0 Å². The van der Waals surface area contributed by atoms with Crippen LogP contribution in [0.1, 0.15) is 24.0 Å². The first kappa shape index (κ1) is 27.7. The highest BCUT2D eigenvalue weighted by molar-refractivity contribution is 7.89. The number of nitrogens with zero attached hydrogens (tertiary/aromatic N) is 2. The van der Waals surface area contributed by atoms with E-state index in [9.17, 15) is 18.0 Å². The summed E-state index contributed by atoms with van der Waals surface area (Å²) < 4.78 is 39.1.